The molecular weight excluding hydrogens is 250 g/mol. The average molecular weight is 267 g/mol. The fraction of sp³-hybridized carbons (Fsp3) is 0.176. The third-order valence-corrected chi connectivity index (χ3v) is 3.38. The Morgan fingerprint density at radius 3 is 2.60 bits per heavy atom. The molecule has 0 aliphatic carbocycles. The molecule has 0 radical (unpaired) electrons. The molecular formula is C17H17NO2. The first-order chi connectivity index (χ1) is 9.84. The highest BCUT2D eigenvalue weighted by atomic mass is 16.5. The van der Waals surface area contributed by atoms with E-state index < -0.39 is 6.10 Å². The van der Waals surface area contributed by atoms with Gasteiger partial charge in [0.1, 0.15) is 5.75 Å². The molecule has 1 aromatic heterocycles. The van der Waals surface area contributed by atoms with Crippen LogP contribution in [0.25, 0.3) is 10.9 Å². The number of fused-ring (bicyclic) bond motifs is 1. The maximum absolute atomic E-state index is 10.3. The van der Waals surface area contributed by atoms with E-state index in [0.29, 0.717) is 13.0 Å². The first-order valence-electron chi connectivity index (χ1n) is 6.76. The lowest BCUT2D eigenvalue weighted by Crippen LogP contribution is -2.04. The zero-order valence-corrected chi connectivity index (χ0v) is 11.1. The topological polar surface area (TPSA) is 45.2 Å². The summed E-state index contributed by atoms with van der Waals surface area (Å²) in [6.45, 7) is 0.491. The van der Waals surface area contributed by atoms with Gasteiger partial charge in [-0.25, -0.2) is 0 Å². The van der Waals surface area contributed by atoms with Gasteiger partial charge in [-0.05, 0) is 18.2 Å². The molecule has 102 valence electrons. The van der Waals surface area contributed by atoms with E-state index in [0.717, 1.165) is 22.2 Å². The lowest BCUT2D eigenvalue weighted by molar-refractivity contribution is 0.142. The minimum Gasteiger partial charge on any atom is -0.493 e. The van der Waals surface area contributed by atoms with Gasteiger partial charge in [-0.3, -0.25) is 0 Å². The average Bonchev–Trinajstić information content (AvgIpc) is 2.92. The van der Waals surface area contributed by atoms with E-state index >= 15 is 0 Å². The van der Waals surface area contributed by atoms with Gasteiger partial charge >= 0.3 is 0 Å². The highest BCUT2D eigenvalue weighted by Crippen LogP contribution is 2.26. The number of hydrogen-bond acceptors (Lipinski definition) is 2. The van der Waals surface area contributed by atoms with Gasteiger partial charge in [-0.2, -0.15) is 0 Å². The first kappa shape index (κ1) is 12.8. The van der Waals surface area contributed by atoms with Gasteiger partial charge in [0.05, 0.1) is 12.7 Å². The molecule has 0 fully saturated rings. The molecule has 3 nitrogen and oxygen atoms in total. The Hall–Kier alpha value is -2.26. The fourth-order valence-corrected chi connectivity index (χ4v) is 2.33. The second-order valence-electron chi connectivity index (χ2n) is 4.76. The zero-order valence-electron chi connectivity index (χ0n) is 11.1. The predicted molar refractivity (Wildman–Crippen MR) is 79.8 cm³/mol. The maximum atomic E-state index is 10.3. The highest BCUT2D eigenvalue weighted by molar-refractivity contribution is 5.83. The van der Waals surface area contributed by atoms with E-state index in [4.69, 9.17) is 4.74 Å². The molecule has 20 heavy (non-hydrogen) atoms. The van der Waals surface area contributed by atoms with E-state index in [9.17, 15) is 5.11 Å². The Balaban J connectivity index is 1.63. The number of nitrogens with one attached hydrogen (secondary N) is 1. The Morgan fingerprint density at radius 2 is 1.75 bits per heavy atom. The van der Waals surface area contributed by atoms with Crippen molar-refractivity contribution in [1.29, 1.82) is 0 Å². The molecule has 3 heteroatoms. The number of rotatable bonds is 5. The first-order valence-corrected chi connectivity index (χ1v) is 6.76. The molecule has 3 rings (SSSR count). The summed E-state index contributed by atoms with van der Waals surface area (Å²) in [5, 5.41) is 11.4. The molecule has 0 saturated carbocycles. The summed E-state index contributed by atoms with van der Waals surface area (Å²) in [6.07, 6.45) is 1.92. The van der Waals surface area contributed by atoms with Crippen LogP contribution in [0.4, 0.5) is 0 Å². The quantitative estimate of drug-likeness (QED) is 0.741. The SMILES string of the molecule is OC(CCOc1ccccc1)c1c[nH]c2ccccc12. The van der Waals surface area contributed by atoms with Crippen LogP contribution in [0.1, 0.15) is 18.1 Å². The normalized spacial score (nSPS) is 12.4. The van der Waals surface area contributed by atoms with Gasteiger partial charge in [-0.1, -0.05) is 36.4 Å². The Labute approximate surface area is 117 Å². The van der Waals surface area contributed by atoms with Crippen molar-refractivity contribution in [3.63, 3.8) is 0 Å². The van der Waals surface area contributed by atoms with Crippen molar-refractivity contribution >= 4 is 10.9 Å². The van der Waals surface area contributed by atoms with Crippen molar-refractivity contribution in [2.75, 3.05) is 6.61 Å². The number of aromatic amines is 1. The lowest BCUT2D eigenvalue weighted by Gasteiger charge is -2.11. The molecule has 0 saturated heterocycles. The number of aromatic nitrogens is 1. The van der Waals surface area contributed by atoms with Crippen LogP contribution < -0.4 is 4.74 Å². The molecule has 2 aromatic carbocycles. The van der Waals surface area contributed by atoms with Crippen molar-refractivity contribution in [3.05, 3.63) is 66.4 Å². The van der Waals surface area contributed by atoms with Gasteiger partial charge in [-0.15, -0.1) is 0 Å². The van der Waals surface area contributed by atoms with Crippen molar-refractivity contribution in [1.82, 2.24) is 4.98 Å². The number of aliphatic hydroxyl groups is 1. The molecule has 0 spiro atoms. The van der Waals surface area contributed by atoms with Crippen LogP contribution >= 0.6 is 0 Å². The smallest absolute Gasteiger partial charge is 0.119 e. The summed E-state index contributed by atoms with van der Waals surface area (Å²) in [5.74, 6) is 0.832. The van der Waals surface area contributed by atoms with Gasteiger partial charge in [0.2, 0.25) is 0 Å². The van der Waals surface area contributed by atoms with Crippen LogP contribution in [0.5, 0.6) is 5.75 Å². The highest BCUT2D eigenvalue weighted by Gasteiger charge is 2.12. The van der Waals surface area contributed by atoms with E-state index in [-0.39, 0.29) is 0 Å². The number of aliphatic hydroxyl groups excluding tert-OH is 1. The summed E-state index contributed by atoms with van der Waals surface area (Å²) in [7, 11) is 0. The van der Waals surface area contributed by atoms with E-state index in [1.165, 1.54) is 0 Å². The molecule has 2 N–H and O–H groups in total. The molecule has 0 aliphatic heterocycles. The van der Waals surface area contributed by atoms with E-state index in [1.54, 1.807) is 0 Å². The van der Waals surface area contributed by atoms with Crippen LogP contribution in [0.3, 0.4) is 0 Å². The predicted octanol–water partition coefficient (Wildman–Crippen LogP) is 3.67. The van der Waals surface area contributed by atoms with Gasteiger partial charge in [0.15, 0.2) is 0 Å². The lowest BCUT2D eigenvalue weighted by atomic mass is 10.1. The second kappa shape index (κ2) is 5.80. The number of H-pyrrole nitrogens is 1. The fourth-order valence-electron chi connectivity index (χ4n) is 2.33. The maximum Gasteiger partial charge on any atom is 0.119 e. The van der Waals surface area contributed by atoms with Crippen molar-refractivity contribution < 1.29 is 9.84 Å². The van der Waals surface area contributed by atoms with Crippen LogP contribution in [0.15, 0.2) is 60.8 Å². The Kier molecular flexibility index (Phi) is 3.70. The number of para-hydroxylation sites is 2. The summed E-state index contributed by atoms with van der Waals surface area (Å²) < 4.78 is 5.62. The molecule has 1 heterocycles. The van der Waals surface area contributed by atoms with Crippen molar-refractivity contribution in [2.24, 2.45) is 0 Å². The zero-order chi connectivity index (χ0) is 13.8. The van der Waals surface area contributed by atoms with Crippen molar-refractivity contribution in [3.8, 4) is 5.75 Å². The van der Waals surface area contributed by atoms with Gasteiger partial charge in [0, 0.05) is 29.1 Å². The van der Waals surface area contributed by atoms with Crippen LogP contribution in [0, 0.1) is 0 Å². The number of hydrogen-bond donors (Lipinski definition) is 2. The van der Waals surface area contributed by atoms with Crippen molar-refractivity contribution in [2.45, 2.75) is 12.5 Å². The summed E-state index contributed by atoms with van der Waals surface area (Å²) in [5.41, 5.74) is 1.97. The van der Waals surface area contributed by atoms with Crippen LogP contribution in [-0.4, -0.2) is 16.7 Å². The summed E-state index contributed by atoms with van der Waals surface area (Å²) in [6, 6.07) is 17.6. The van der Waals surface area contributed by atoms with E-state index in [1.807, 2.05) is 60.8 Å². The largest absolute Gasteiger partial charge is 0.493 e. The monoisotopic (exact) mass is 267 g/mol. The van der Waals surface area contributed by atoms with Crippen LogP contribution in [-0.2, 0) is 0 Å². The standard InChI is InChI=1S/C17H17NO2/c19-17(10-11-20-13-6-2-1-3-7-13)15-12-18-16-9-5-4-8-14(15)16/h1-9,12,17-19H,10-11H2. The van der Waals surface area contributed by atoms with Gasteiger partial charge < -0.3 is 14.8 Å². The van der Waals surface area contributed by atoms with Gasteiger partial charge in [0.25, 0.3) is 0 Å². The minimum atomic E-state index is -0.519. The molecule has 1 atom stereocenters. The molecule has 0 aliphatic rings. The number of ether oxygens (including phenoxy) is 1. The summed E-state index contributed by atoms with van der Waals surface area (Å²) in [4.78, 5) is 3.18. The second-order valence-corrected chi connectivity index (χ2v) is 4.76. The Bertz CT molecular complexity index is 676. The number of benzene rings is 2. The third-order valence-electron chi connectivity index (χ3n) is 3.38. The molecule has 0 amide bonds. The van der Waals surface area contributed by atoms with E-state index in [2.05, 4.69) is 4.98 Å². The molecule has 3 aromatic rings. The third kappa shape index (κ3) is 2.68. The minimum absolute atomic E-state index is 0.491. The Morgan fingerprint density at radius 1 is 1.00 bits per heavy atom. The molecule has 1 unspecified atom stereocenters. The van der Waals surface area contributed by atoms with Crippen LogP contribution in [0.2, 0.25) is 0 Å². The molecule has 0 bridgehead atoms. The summed E-state index contributed by atoms with van der Waals surface area (Å²) >= 11 is 0.